The van der Waals surface area contributed by atoms with Crippen LogP contribution in [0.25, 0.3) is 0 Å². The van der Waals surface area contributed by atoms with Crippen LogP contribution in [-0.4, -0.2) is 51.6 Å². The van der Waals surface area contributed by atoms with Gasteiger partial charge >= 0.3 is 5.97 Å². The van der Waals surface area contributed by atoms with Crippen LogP contribution in [0.1, 0.15) is 17.3 Å². The molecule has 0 spiro atoms. The summed E-state index contributed by atoms with van der Waals surface area (Å²) < 4.78 is 43.5. The highest BCUT2D eigenvalue weighted by Crippen LogP contribution is 2.31. The molecule has 1 aliphatic rings. The maximum Gasteiger partial charge on any atom is 0.337 e. The van der Waals surface area contributed by atoms with E-state index in [0.29, 0.717) is 11.5 Å². The lowest BCUT2D eigenvalue weighted by Gasteiger charge is -2.30. The van der Waals surface area contributed by atoms with E-state index < -0.39 is 22.1 Å². The average Bonchev–Trinajstić information content (AvgIpc) is 2.71. The fourth-order valence-electron chi connectivity index (χ4n) is 2.83. The second-order valence-corrected chi connectivity index (χ2v) is 7.91. The molecule has 144 valence electrons. The highest BCUT2D eigenvalue weighted by Gasteiger charge is 2.30. The van der Waals surface area contributed by atoms with Gasteiger partial charge in [-0.15, -0.1) is 0 Å². The van der Waals surface area contributed by atoms with Gasteiger partial charge in [-0.2, -0.15) is 4.31 Å². The molecule has 0 amide bonds. The molecule has 1 unspecified atom stereocenters. The molecule has 2 aromatic rings. The molecular formula is C19H21NO6S. The van der Waals surface area contributed by atoms with Crippen molar-refractivity contribution in [2.75, 3.05) is 26.8 Å². The van der Waals surface area contributed by atoms with Crippen LogP contribution in [0.2, 0.25) is 0 Å². The van der Waals surface area contributed by atoms with Crippen LogP contribution < -0.4 is 9.47 Å². The van der Waals surface area contributed by atoms with E-state index in [1.165, 1.54) is 35.7 Å². The van der Waals surface area contributed by atoms with Crippen LogP contribution in [0.15, 0.2) is 53.4 Å². The van der Waals surface area contributed by atoms with Gasteiger partial charge in [0.2, 0.25) is 10.0 Å². The molecule has 0 bridgehead atoms. The third kappa shape index (κ3) is 4.06. The largest absolute Gasteiger partial charge is 0.486 e. The number of sulfonamides is 1. The number of fused-ring (bicyclic) bond motifs is 1. The first-order chi connectivity index (χ1) is 13.0. The smallest absolute Gasteiger partial charge is 0.337 e. The van der Waals surface area contributed by atoms with E-state index in [1.54, 1.807) is 19.1 Å². The van der Waals surface area contributed by atoms with Crippen molar-refractivity contribution < 1.29 is 27.4 Å². The number of carbonyl (C=O) groups excluding carboxylic acids is 1. The number of methoxy groups -OCH3 is 1. The summed E-state index contributed by atoms with van der Waals surface area (Å²) in [6, 6.07) is 13.1. The molecule has 8 heteroatoms. The number of carbonyl (C=O) groups is 1. The van der Waals surface area contributed by atoms with Crippen molar-refractivity contribution in [3.05, 3.63) is 54.1 Å². The van der Waals surface area contributed by atoms with Crippen molar-refractivity contribution in [2.45, 2.75) is 17.9 Å². The van der Waals surface area contributed by atoms with Gasteiger partial charge in [-0.25, -0.2) is 13.2 Å². The van der Waals surface area contributed by atoms with Crippen molar-refractivity contribution >= 4 is 16.0 Å². The van der Waals surface area contributed by atoms with Crippen LogP contribution >= 0.6 is 0 Å². The Bertz CT molecular complexity index is 927. The van der Waals surface area contributed by atoms with Gasteiger partial charge in [0.05, 0.1) is 24.1 Å². The van der Waals surface area contributed by atoms with Crippen LogP contribution in [-0.2, 0) is 14.8 Å². The zero-order chi connectivity index (χ0) is 19.4. The van der Waals surface area contributed by atoms with E-state index in [4.69, 9.17) is 9.47 Å². The Balaban J connectivity index is 1.80. The molecule has 0 saturated heterocycles. The summed E-state index contributed by atoms with van der Waals surface area (Å²) in [4.78, 5) is 11.7. The first-order valence-electron chi connectivity index (χ1n) is 8.52. The van der Waals surface area contributed by atoms with Gasteiger partial charge in [-0.05, 0) is 30.3 Å². The summed E-state index contributed by atoms with van der Waals surface area (Å²) in [6.45, 7) is 2.40. The van der Waals surface area contributed by atoms with Crippen molar-refractivity contribution in [2.24, 2.45) is 0 Å². The quantitative estimate of drug-likeness (QED) is 0.703. The molecule has 0 fully saturated rings. The lowest BCUT2D eigenvalue weighted by molar-refractivity contribution is 0.0600. The van der Waals surface area contributed by atoms with E-state index in [0.717, 1.165) is 0 Å². The van der Waals surface area contributed by atoms with E-state index in [9.17, 15) is 13.2 Å². The topological polar surface area (TPSA) is 82.1 Å². The first kappa shape index (κ1) is 19.2. The number of ether oxygens (including phenoxy) is 3. The number of benzene rings is 2. The zero-order valence-corrected chi connectivity index (χ0v) is 15.9. The zero-order valence-electron chi connectivity index (χ0n) is 15.1. The third-order valence-corrected chi connectivity index (χ3v) is 6.16. The Morgan fingerprint density at radius 3 is 2.63 bits per heavy atom. The molecular weight excluding hydrogens is 370 g/mol. The van der Waals surface area contributed by atoms with Crippen molar-refractivity contribution in [1.82, 2.24) is 4.31 Å². The minimum atomic E-state index is -3.80. The summed E-state index contributed by atoms with van der Waals surface area (Å²) in [5.74, 6) is 0.649. The predicted octanol–water partition coefficient (Wildman–Crippen LogP) is 2.32. The summed E-state index contributed by atoms with van der Waals surface area (Å²) in [5, 5.41) is 0. The molecule has 0 N–H and O–H groups in total. The Morgan fingerprint density at radius 2 is 1.93 bits per heavy atom. The Hall–Kier alpha value is -2.58. The van der Waals surface area contributed by atoms with Gasteiger partial charge in [-0.3, -0.25) is 0 Å². The van der Waals surface area contributed by atoms with Gasteiger partial charge in [0, 0.05) is 6.54 Å². The number of hydrogen-bond acceptors (Lipinski definition) is 6. The lowest BCUT2D eigenvalue weighted by Crippen LogP contribution is -2.43. The molecule has 1 heterocycles. The normalized spacial score (nSPS) is 16.2. The molecule has 27 heavy (non-hydrogen) atoms. The fourth-order valence-corrected chi connectivity index (χ4v) is 4.35. The predicted molar refractivity (Wildman–Crippen MR) is 98.6 cm³/mol. The third-order valence-electron chi connectivity index (χ3n) is 4.22. The maximum atomic E-state index is 13.0. The van der Waals surface area contributed by atoms with Gasteiger partial charge in [0.15, 0.2) is 11.5 Å². The molecule has 3 rings (SSSR count). The highest BCUT2D eigenvalue weighted by molar-refractivity contribution is 7.89. The Kier molecular flexibility index (Phi) is 5.67. The standard InChI is InChI=1S/C19H21NO6S/c1-3-20(12-15-13-25-17-9-4-5-10-18(17)26-15)27(22,23)16-8-6-7-14(11-16)19(21)24-2/h4-11,15H,3,12-13H2,1-2H3. The summed E-state index contributed by atoms with van der Waals surface area (Å²) >= 11 is 0. The summed E-state index contributed by atoms with van der Waals surface area (Å²) in [6.07, 6.45) is -0.432. The molecule has 1 atom stereocenters. The number of hydrogen-bond donors (Lipinski definition) is 0. The minimum Gasteiger partial charge on any atom is -0.486 e. The SMILES string of the molecule is CCN(CC1COc2ccccc2O1)S(=O)(=O)c1cccc(C(=O)OC)c1. The van der Waals surface area contributed by atoms with Crippen molar-refractivity contribution in [3.63, 3.8) is 0 Å². The van der Waals surface area contributed by atoms with Gasteiger partial charge < -0.3 is 14.2 Å². The van der Waals surface area contributed by atoms with Crippen LogP contribution in [0.4, 0.5) is 0 Å². The first-order valence-corrected chi connectivity index (χ1v) is 9.96. The van der Waals surface area contributed by atoms with Crippen LogP contribution in [0.3, 0.4) is 0 Å². The number of rotatable bonds is 6. The van der Waals surface area contributed by atoms with Crippen LogP contribution in [0, 0.1) is 0 Å². The number of esters is 1. The molecule has 0 aliphatic carbocycles. The number of nitrogens with zero attached hydrogens (tertiary/aromatic N) is 1. The van der Waals surface area contributed by atoms with E-state index >= 15 is 0 Å². The molecule has 0 aromatic heterocycles. The Morgan fingerprint density at radius 1 is 1.19 bits per heavy atom. The second-order valence-electron chi connectivity index (χ2n) is 5.97. The van der Waals surface area contributed by atoms with Crippen molar-refractivity contribution in [3.8, 4) is 11.5 Å². The molecule has 0 saturated carbocycles. The lowest BCUT2D eigenvalue weighted by atomic mass is 10.2. The van der Waals surface area contributed by atoms with Gasteiger partial charge in [-0.1, -0.05) is 25.1 Å². The summed E-state index contributed by atoms with van der Waals surface area (Å²) in [5.41, 5.74) is 0.181. The number of likely N-dealkylation sites (N-methyl/N-ethyl adjacent to an activating group) is 1. The van der Waals surface area contributed by atoms with Crippen molar-refractivity contribution in [1.29, 1.82) is 0 Å². The minimum absolute atomic E-state index is 0.0318. The molecule has 2 aromatic carbocycles. The monoisotopic (exact) mass is 391 g/mol. The fraction of sp³-hybridized carbons (Fsp3) is 0.316. The van der Waals surface area contributed by atoms with E-state index in [1.807, 2.05) is 12.1 Å². The second kappa shape index (κ2) is 7.98. The van der Waals surface area contributed by atoms with Crippen LogP contribution in [0.5, 0.6) is 11.5 Å². The maximum absolute atomic E-state index is 13.0. The molecule has 7 nitrogen and oxygen atoms in total. The van der Waals surface area contributed by atoms with Gasteiger partial charge in [0.25, 0.3) is 0 Å². The summed E-state index contributed by atoms with van der Waals surface area (Å²) in [7, 11) is -2.55. The van der Waals surface area contributed by atoms with E-state index in [-0.39, 0.29) is 30.2 Å². The highest BCUT2D eigenvalue weighted by atomic mass is 32.2. The molecule has 0 radical (unpaired) electrons. The van der Waals surface area contributed by atoms with E-state index in [2.05, 4.69) is 4.74 Å². The average molecular weight is 391 g/mol. The number of para-hydroxylation sites is 2. The van der Waals surface area contributed by atoms with Gasteiger partial charge in [0.1, 0.15) is 12.7 Å². The molecule has 1 aliphatic heterocycles. The Labute approximate surface area is 158 Å².